The number of hydrogen-bond donors (Lipinski definition) is 1. The maximum absolute atomic E-state index is 12.8. The highest BCUT2D eigenvalue weighted by atomic mass is 32.2. The molecule has 0 saturated heterocycles. The van der Waals surface area contributed by atoms with Crippen LogP contribution in [0.25, 0.3) is 0 Å². The number of carbonyl (C=O) groups is 1. The first-order chi connectivity index (χ1) is 10.2. The Labute approximate surface area is 126 Å². The van der Waals surface area contributed by atoms with Crippen LogP contribution in [0, 0.1) is 5.92 Å². The lowest BCUT2D eigenvalue weighted by molar-refractivity contribution is -0.138. The Kier molecular flexibility index (Phi) is 4.74. The van der Waals surface area contributed by atoms with Gasteiger partial charge >= 0.3 is 6.18 Å². The molecule has 1 heterocycles. The molecule has 0 radical (unpaired) electrons. The second kappa shape index (κ2) is 6.23. The Balaban J connectivity index is 2.15. The number of sulfonamides is 1. The highest BCUT2D eigenvalue weighted by Gasteiger charge is 2.37. The topological polar surface area (TPSA) is 76.1 Å². The second-order valence-electron chi connectivity index (χ2n) is 5.26. The lowest BCUT2D eigenvalue weighted by Crippen LogP contribution is -2.36. The van der Waals surface area contributed by atoms with E-state index in [1.807, 2.05) is 0 Å². The first-order valence-corrected chi connectivity index (χ1v) is 8.41. The van der Waals surface area contributed by atoms with Crippen LogP contribution >= 0.6 is 0 Å². The Morgan fingerprint density at radius 2 is 1.95 bits per heavy atom. The average molecular weight is 336 g/mol. The van der Waals surface area contributed by atoms with Gasteiger partial charge in [-0.15, -0.1) is 0 Å². The smallest absolute Gasteiger partial charge is 0.266 e. The van der Waals surface area contributed by atoms with Gasteiger partial charge in [-0.1, -0.05) is 12.8 Å². The van der Waals surface area contributed by atoms with Gasteiger partial charge in [-0.3, -0.25) is 9.78 Å². The minimum Gasteiger partial charge on any atom is -0.266 e. The van der Waals surface area contributed by atoms with E-state index in [-0.39, 0.29) is 11.7 Å². The largest absolute Gasteiger partial charge is 0.418 e. The molecule has 0 bridgehead atoms. The van der Waals surface area contributed by atoms with Crippen LogP contribution in [0.2, 0.25) is 0 Å². The monoisotopic (exact) mass is 336 g/mol. The first-order valence-electron chi connectivity index (χ1n) is 6.76. The fraction of sp³-hybridized carbons (Fsp3) is 0.538. The second-order valence-corrected chi connectivity index (χ2v) is 7.03. The van der Waals surface area contributed by atoms with Crippen LogP contribution in [0.1, 0.15) is 41.7 Å². The standard InChI is InChI=1S/C13H15F3N2O3S/c14-13(15,16)10-6-3-7-17-11(10)12(19)18-22(20,21)8-9-4-1-2-5-9/h3,6-7,9H,1-2,4-5,8H2,(H,18,19). The Hall–Kier alpha value is -1.64. The summed E-state index contributed by atoms with van der Waals surface area (Å²) >= 11 is 0. The molecule has 0 atom stereocenters. The number of nitrogens with one attached hydrogen (secondary N) is 1. The third kappa shape index (κ3) is 4.19. The van der Waals surface area contributed by atoms with Crippen molar-refractivity contribution < 1.29 is 26.4 Å². The molecule has 0 aliphatic heterocycles. The van der Waals surface area contributed by atoms with Gasteiger partial charge in [0.1, 0.15) is 5.69 Å². The van der Waals surface area contributed by atoms with E-state index in [1.165, 1.54) is 0 Å². The van der Waals surface area contributed by atoms with Crippen LogP contribution < -0.4 is 4.72 Å². The number of rotatable bonds is 4. The summed E-state index contributed by atoms with van der Waals surface area (Å²) in [7, 11) is -3.98. The fourth-order valence-electron chi connectivity index (χ4n) is 2.53. The molecule has 1 aliphatic carbocycles. The van der Waals surface area contributed by atoms with Gasteiger partial charge in [0.2, 0.25) is 10.0 Å². The normalized spacial score (nSPS) is 16.7. The molecule has 1 aliphatic rings. The van der Waals surface area contributed by atoms with Crippen LogP contribution in [0.15, 0.2) is 18.3 Å². The summed E-state index contributed by atoms with van der Waals surface area (Å²) in [6, 6.07) is 1.72. The van der Waals surface area contributed by atoms with E-state index in [0.717, 1.165) is 37.9 Å². The van der Waals surface area contributed by atoms with E-state index < -0.39 is 33.4 Å². The summed E-state index contributed by atoms with van der Waals surface area (Å²) in [5.41, 5.74) is -2.20. The number of nitrogens with zero attached hydrogens (tertiary/aromatic N) is 1. The van der Waals surface area contributed by atoms with Gasteiger partial charge < -0.3 is 0 Å². The van der Waals surface area contributed by atoms with Crippen LogP contribution in [-0.2, 0) is 16.2 Å². The summed E-state index contributed by atoms with van der Waals surface area (Å²) in [5.74, 6) is -1.67. The zero-order chi connectivity index (χ0) is 16.4. The molecular weight excluding hydrogens is 321 g/mol. The van der Waals surface area contributed by atoms with Crippen molar-refractivity contribution in [3.63, 3.8) is 0 Å². The van der Waals surface area contributed by atoms with Gasteiger partial charge in [-0.2, -0.15) is 13.2 Å². The predicted molar refractivity (Wildman–Crippen MR) is 72.5 cm³/mol. The number of hydrogen-bond acceptors (Lipinski definition) is 4. The lowest BCUT2D eigenvalue weighted by Gasteiger charge is -2.13. The molecule has 9 heteroatoms. The van der Waals surface area contributed by atoms with Crippen LogP contribution in [0.4, 0.5) is 13.2 Å². The van der Waals surface area contributed by atoms with Gasteiger partial charge in [0.05, 0.1) is 11.3 Å². The summed E-state index contributed by atoms with van der Waals surface area (Å²) in [6.07, 6.45) is -0.442. The van der Waals surface area contributed by atoms with Gasteiger partial charge in [0.25, 0.3) is 5.91 Å². The van der Waals surface area contributed by atoms with Crippen molar-refractivity contribution in [1.82, 2.24) is 9.71 Å². The molecule has 0 aromatic carbocycles. The van der Waals surface area contributed by atoms with Crippen molar-refractivity contribution in [2.45, 2.75) is 31.9 Å². The number of aromatic nitrogens is 1. The van der Waals surface area contributed by atoms with E-state index in [9.17, 15) is 26.4 Å². The van der Waals surface area contributed by atoms with Crippen molar-refractivity contribution in [2.24, 2.45) is 5.92 Å². The van der Waals surface area contributed by atoms with Gasteiger partial charge in [0, 0.05) is 6.20 Å². The molecule has 122 valence electrons. The maximum Gasteiger partial charge on any atom is 0.418 e. The van der Waals surface area contributed by atoms with Crippen molar-refractivity contribution in [2.75, 3.05) is 5.75 Å². The quantitative estimate of drug-likeness (QED) is 0.916. The van der Waals surface area contributed by atoms with E-state index in [4.69, 9.17) is 0 Å². The maximum atomic E-state index is 12.8. The number of pyridine rings is 1. The molecule has 1 aromatic heterocycles. The Morgan fingerprint density at radius 3 is 2.55 bits per heavy atom. The van der Waals surface area contributed by atoms with Crippen molar-refractivity contribution in [1.29, 1.82) is 0 Å². The molecule has 5 nitrogen and oxygen atoms in total. The molecule has 1 fully saturated rings. The molecule has 22 heavy (non-hydrogen) atoms. The zero-order valence-electron chi connectivity index (χ0n) is 11.6. The number of alkyl halides is 3. The summed E-state index contributed by atoms with van der Waals surface area (Å²) in [5, 5.41) is 0. The number of halogens is 3. The number of carbonyl (C=O) groups excluding carboxylic acids is 1. The van der Waals surface area contributed by atoms with Gasteiger partial charge in [-0.25, -0.2) is 13.1 Å². The average Bonchev–Trinajstić information content (AvgIpc) is 2.89. The molecule has 1 aromatic rings. The lowest BCUT2D eigenvalue weighted by atomic mass is 10.1. The fourth-order valence-corrected chi connectivity index (χ4v) is 3.95. The molecule has 2 rings (SSSR count). The summed E-state index contributed by atoms with van der Waals surface area (Å²) in [4.78, 5) is 15.2. The molecule has 1 amide bonds. The Bertz CT molecular complexity index is 653. The van der Waals surface area contributed by atoms with Crippen molar-refractivity contribution >= 4 is 15.9 Å². The van der Waals surface area contributed by atoms with Crippen molar-refractivity contribution in [3.8, 4) is 0 Å². The molecule has 0 spiro atoms. The predicted octanol–water partition coefficient (Wildman–Crippen LogP) is 2.35. The minimum atomic E-state index is -4.78. The highest BCUT2D eigenvalue weighted by Crippen LogP contribution is 2.31. The highest BCUT2D eigenvalue weighted by molar-refractivity contribution is 7.90. The zero-order valence-corrected chi connectivity index (χ0v) is 12.4. The number of amides is 1. The SMILES string of the molecule is O=C(NS(=O)(=O)CC1CCCC1)c1ncccc1C(F)(F)F. The van der Waals surface area contributed by atoms with Gasteiger partial charge in [-0.05, 0) is 30.9 Å². The van der Waals surface area contributed by atoms with Crippen molar-refractivity contribution in [3.05, 3.63) is 29.6 Å². The molecule has 1 N–H and O–H groups in total. The first kappa shape index (κ1) is 16.7. The van der Waals surface area contributed by atoms with Crippen LogP contribution in [0.3, 0.4) is 0 Å². The summed E-state index contributed by atoms with van der Waals surface area (Å²) in [6.45, 7) is 0. The Morgan fingerprint density at radius 1 is 1.32 bits per heavy atom. The molecule has 1 saturated carbocycles. The van der Waals surface area contributed by atoms with E-state index >= 15 is 0 Å². The third-order valence-corrected chi connectivity index (χ3v) is 4.91. The summed E-state index contributed by atoms with van der Waals surface area (Å²) < 4.78 is 63.9. The minimum absolute atomic E-state index is 0.0591. The molecular formula is C13H15F3N2O3S. The van der Waals surface area contributed by atoms with E-state index in [1.54, 1.807) is 4.72 Å². The third-order valence-electron chi connectivity index (χ3n) is 3.51. The van der Waals surface area contributed by atoms with Gasteiger partial charge in [0.15, 0.2) is 0 Å². The molecule has 0 unspecified atom stereocenters. The van der Waals surface area contributed by atoms with E-state index in [0.29, 0.717) is 6.07 Å². The van der Waals surface area contributed by atoms with Crippen LogP contribution in [-0.4, -0.2) is 25.1 Å². The van der Waals surface area contributed by atoms with Crippen LogP contribution in [0.5, 0.6) is 0 Å². The van der Waals surface area contributed by atoms with E-state index in [2.05, 4.69) is 4.98 Å².